The smallest absolute Gasteiger partial charge is 0.407 e. The lowest BCUT2D eigenvalue weighted by atomic mass is 9.92. The molecule has 0 radical (unpaired) electrons. The van der Waals surface area contributed by atoms with Gasteiger partial charge in [-0.2, -0.15) is 0 Å². The molecule has 1 fully saturated rings. The number of nitrogens with one attached hydrogen (secondary N) is 1. The van der Waals surface area contributed by atoms with E-state index in [1.165, 1.54) is 11.8 Å². The van der Waals surface area contributed by atoms with E-state index in [0.29, 0.717) is 13.0 Å². The van der Waals surface area contributed by atoms with Gasteiger partial charge in [0.25, 0.3) is 0 Å². The van der Waals surface area contributed by atoms with E-state index in [1.54, 1.807) is 0 Å². The molecule has 0 saturated carbocycles. The van der Waals surface area contributed by atoms with E-state index in [1.807, 2.05) is 48.5 Å². The molecule has 4 rings (SSSR count). The lowest BCUT2D eigenvalue weighted by Gasteiger charge is -2.37. The van der Waals surface area contributed by atoms with Crippen molar-refractivity contribution < 1.29 is 29.3 Å². The van der Waals surface area contributed by atoms with Crippen LogP contribution < -0.4 is 5.32 Å². The summed E-state index contributed by atoms with van der Waals surface area (Å²) in [7, 11) is 0. The Balaban J connectivity index is 1.36. The van der Waals surface area contributed by atoms with Crippen LogP contribution in [-0.2, 0) is 14.3 Å². The molecule has 32 heavy (non-hydrogen) atoms. The molecule has 2 atom stereocenters. The SMILES string of the molecule is CC(NC(=O)OCC1c2ccccc2-c2ccccc21)C(=O)N1CCCC(O)(C(=O)O)C1. The molecule has 2 unspecified atom stereocenters. The number of amides is 2. The highest BCUT2D eigenvalue weighted by Gasteiger charge is 2.42. The molecule has 2 aromatic carbocycles. The summed E-state index contributed by atoms with van der Waals surface area (Å²) in [6.45, 7) is 1.66. The number of ether oxygens (including phenoxy) is 1. The molecule has 168 valence electrons. The number of carbonyl (C=O) groups excluding carboxylic acids is 2. The van der Waals surface area contributed by atoms with Crippen LogP contribution in [0.1, 0.15) is 36.8 Å². The van der Waals surface area contributed by atoms with E-state index >= 15 is 0 Å². The summed E-state index contributed by atoms with van der Waals surface area (Å²) < 4.78 is 5.46. The topological polar surface area (TPSA) is 116 Å². The number of carboxylic acid groups (broad SMARTS) is 1. The number of piperidine rings is 1. The number of alkyl carbamates (subject to hydrolysis) is 1. The molecule has 3 N–H and O–H groups in total. The Morgan fingerprint density at radius 2 is 1.72 bits per heavy atom. The molecule has 1 aliphatic carbocycles. The minimum atomic E-state index is -1.96. The first-order valence-corrected chi connectivity index (χ1v) is 10.7. The normalized spacial score (nSPS) is 20.8. The predicted molar refractivity (Wildman–Crippen MR) is 116 cm³/mol. The van der Waals surface area contributed by atoms with E-state index in [0.717, 1.165) is 22.3 Å². The van der Waals surface area contributed by atoms with Crippen LogP contribution in [0.25, 0.3) is 11.1 Å². The minimum absolute atomic E-state index is 0.0836. The summed E-state index contributed by atoms with van der Waals surface area (Å²) in [5, 5.41) is 21.9. The Labute approximate surface area is 185 Å². The Kier molecular flexibility index (Phi) is 5.88. The lowest BCUT2D eigenvalue weighted by molar-refractivity contribution is -0.166. The third kappa shape index (κ3) is 4.05. The van der Waals surface area contributed by atoms with Crippen molar-refractivity contribution in [3.63, 3.8) is 0 Å². The Morgan fingerprint density at radius 1 is 1.12 bits per heavy atom. The van der Waals surface area contributed by atoms with Crippen molar-refractivity contribution in [2.24, 2.45) is 0 Å². The monoisotopic (exact) mass is 438 g/mol. The Morgan fingerprint density at radius 3 is 2.31 bits per heavy atom. The highest BCUT2D eigenvalue weighted by molar-refractivity contribution is 5.87. The van der Waals surface area contributed by atoms with Crippen LogP contribution in [0, 0.1) is 0 Å². The number of aliphatic carboxylic acids is 1. The van der Waals surface area contributed by atoms with Gasteiger partial charge in [-0.15, -0.1) is 0 Å². The van der Waals surface area contributed by atoms with Gasteiger partial charge in [0.1, 0.15) is 12.6 Å². The molecule has 2 aliphatic rings. The number of likely N-dealkylation sites (tertiary alicyclic amines) is 1. The molecule has 0 aromatic heterocycles. The number of hydrogen-bond acceptors (Lipinski definition) is 5. The maximum Gasteiger partial charge on any atom is 0.407 e. The summed E-state index contributed by atoms with van der Waals surface area (Å²) in [4.78, 5) is 37.7. The second kappa shape index (κ2) is 8.63. The maximum absolute atomic E-state index is 12.7. The van der Waals surface area contributed by atoms with Crippen LogP contribution in [-0.4, -0.2) is 64.4 Å². The van der Waals surface area contributed by atoms with Crippen molar-refractivity contribution in [2.45, 2.75) is 37.3 Å². The van der Waals surface area contributed by atoms with Gasteiger partial charge in [0.2, 0.25) is 5.91 Å². The van der Waals surface area contributed by atoms with E-state index in [-0.39, 0.29) is 25.5 Å². The van der Waals surface area contributed by atoms with Gasteiger partial charge in [0.15, 0.2) is 5.60 Å². The van der Waals surface area contributed by atoms with E-state index in [9.17, 15) is 24.6 Å². The number of rotatable bonds is 5. The van der Waals surface area contributed by atoms with Crippen molar-refractivity contribution in [1.82, 2.24) is 10.2 Å². The van der Waals surface area contributed by atoms with E-state index < -0.39 is 29.6 Å². The van der Waals surface area contributed by atoms with Gasteiger partial charge >= 0.3 is 12.1 Å². The quantitative estimate of drug-likeness (QED) is 0.660. The average Bonchev–Trinajstić information content (AvgIpc) is 3.11. The Bertz CT molecular complexity index is 1010. The summed E-state index contributed by atoms with van der Waals surface area (Å²) >= 11 is 0. The molecular formula is C24H26N2O6. The lowest BCUT2D eigenvalue weighted by Crippen LogP contribution is -2.58. The molecule has 1 saturated heterocycles. The third-order valence-corrected chi connectivity index (χ3v) is 6.23. The zero-order valence-electron chi connectivity index (χ0n) is 17.8. The number of carbonyl (C=O) groups is 3. The van der Waals surface area contributed by atoms with Crippen molar-refractivity contribution in [1.29, 1.82) is 0 Å². The number of β-amino-alcohol motifs (C(OH)–C–C–N with tert-alkyl or cyclic N) is 1. The molecular weight excluding hydrogens is 412 g/mol. The zero-order chi connectivity index (χ0) is 22.9. The number of carboxylic acids is 1. The first-order valence-electron chi connectivity index (χ1n) is 10.7. The van der Waals surface area contributed by atoms with Gasteiger partial charge in [-0.1, -0.05) is 48.5 Å². The molecule has 8 heteroatoms. The van der Waals surface area contributed by atoms with Crippen LogP contribution in [0.3, 0.4) is 0 Å². The molecule has 0 spiro atoms. The fraction of sp³-hybridized carbons (Fsp3) is 0.375. The van der Waals surface area contributed by atoms with Crippen molar-refractivity contribution >= 4 is 18.0 Å². The predicted octanol–water partition coefficient (Wildman–Crippen LogP) is 2.35. The molecule has 1 heterocycles. The standard InChI is InChI=1S/C24H26N2O6/c1-15(21(27)26-12-6-11-24(31,14-26)22(28)29)25-23(30)32-13-20-18-9-4-2-7-16(18)17-8-3-5-10-19(17)20/h2-5,7-10,15,20,31H,6,11-14H2,1H3,(H,25,30)(H,28,29). The third-order valence-electron chi connectivity index (χ3n) is 6.23. The second-order valence-corrected chi connectivity index (χ2v) is 8.39. The fourth-order valence-corrected chi connectivity index (χ4v) is 4.55. The molecule has 2 amide bonds. The number of hydrogen-bond donors (Lipinski definition) is 3. The van der Waals surface area contributed by atoms with Gasteiger partial charge < -0.3 is 25.2 Å². The van der Waals surface area contributed by atoms with Gasteiger partial charge in [-0.3, -0.25) is 4.79 Å². The molecule has 8 nitrogen and oxygen atoms in total. The number of fused-ring (bicyclic) bond motifs is 3. The highest BCUT2D eigenvalue weighted by Crippen LogP contribution is 2.44. The van der Waals surface area contributed by atoms with Gasteiger partial charge in [0.05, 0.1) is 6.54 Å². The van der Waals surface area contributed by atoms with Crippen molar-refractivity contribution in [3.05, 3.63) is 59.7 Å². The number of nitrogens with zero attached hydrogens (tertiary/aromatic N) is 1. The molecule has 1 aliphatic heterocycles. The first-order chi connectivity index (χ1) is 15.3. The number of benzene rings is 2. The summed E-state index contributed by atoms with van der Waals surface area (Å²) in [6, 6.07) is 15.1. The van der Waals surface area contributed by atoms with Gasteiger partial charge in [-0.25, -0.2) is 9.59 Å². The van der Waals surface area contributed by atoms with Crippen LogP contribution in [0.5, 0.6) is 0 Å². The largest absolute Gasteiger partial charge is 0.479 e. The maximum atomic E-state index is 12.7. The first kappa shape index (κ1) is 21.8. The molecule has 2 aromatic rings. The van der Waals surface area contributed by atoms with Crippen LogP contribution in [0.15, 0.2) is 48.5 Å². The molecule has 0 bridgehead atoms. The Hall–Kier alpha value is -3.39. The second-order valence-electron chi connectivity index (χ2n) is 8.39. The minimum Gasteiger partial charge on any atom is -0.479 e. The van der Waals surface area contributed by atoms with Crippen LogP contribution >= 0.6 is 0 Å². The van der Waals surface area contributed by atoms with Crippen molar-refractivity contribution in [3.8, 4) is 11.1 Å². The summed E-state index contributed by atoms with van der Waals surface area (Å²) in [5.41, 5.74) is 2.46. The van der Waals surface area contributed by atoms with E-state index in [2.05, 4.69) is 5.32 Å². The van der Waals surface area contributed by atoms with Crippen LogP contribution in [0.4, 0.5) is 4.79 Å². The summed E-state index contributed by atoms with van der Waals surface area (Å²) in [6.07, 6.45) is -0.273. The average molecular weight is 438 g/mol. The number of aliphatic hydroxyl groups is 1. The van der Waals surface area contributed by atoms with Gasteiger partial charge in [0, 0.05) is 12.5 Å². The zero-order valence-corrected chi connectivity index (χ0v) is 17.8. The highest BCUT2D eigenvalue weighted by atomic mass is 16.5. The summed E-state index contributed by atoms with van der Waals surface area (Å²) in [5.74, 6) is -1.91. The van der Waals surface area contributed by atoms with Crippen LogP contribution in [0.2, 0.25) is 0 Å². The van der Waals surface area contributed by atoms with E-state index in [4.69, 9.17) is 4.74 Å². The fourth-order valence-electron chi connectivity index (χ4n) is 4.55. The van der Waals surface area contributed by atoms with Gasteiger partial charge in [-0.05, 0) is 42.0 Å². The van der Waals surface area contributed by atoms with Crippen molar-refractivity contribution in [2.75, 3.05) is 19.7 Å².